The fourth-order valence-electron chi connectivity index (χ4n) is 1.96. The first kappa shape index (κ1) is 11.5. The fourth-order valence-corrected chi connectivity index (χ4v) is 1.96. The van der Waals surface area contributed by atoms with Crippen LogP contribution >= 0.6 is 0 Å². The molecule has 2 rings (SSSR count). The zero-order valence-corrected chi connectivity index (χ0v) is 10.4. The van der Waals surface area contributed by atoms with E-state index in [4.69, 9.17) is 10.5 Å². The normalized spacial score (nSPS) is 19.6. The minimum Gasteiger partial charge on any atom is -0.491 e. The van der Waals surface area contributed by atoms with Crippen LogP contribution in [0.2, 0.25) is 0 Å². The van der Waals surface area contributed by atoms with Gasteiger partial charge in [-0.2, -0.15) is 0 Å². The Kier molecular flexibility index (Phi) is 2.94. The highest BCUT2D eigenvalue weighted by molar-refractivity contribution is 5.32. The van der Waals surface area contributed by atoms with Crippen molar-refractivity contribution >= 4 is 0 Å². The molecule has 0 radical (unpaired) electrons. The van der Waals surface area contributed by atoms with Crippen molar-refractivity contribution in [1.29, 1.82) is 0 Å². The maximum atomic E-state index is 6.28. The zero-order valence-electron chi connectivity index (χ0n) is 10.4. The van der Waals surface area contributed by atoms with Crippen molar-refractivity contribution < 1.29 is 4.74 Å². The van der Waals surface area contributed by atoms with Gasteiger partial charge in [0.1, 0.15) is 5.75 Å². The van der Waals surface area contributed by atoms with Crippen LogP contribution in [0, 0.1) is 5.41 Å². The molecule has 1 atom stereocenters. The Hall–Kier alpha value is -1.02. The van der Waals surface area contributed by atoms with Gasteiger partial charge >= 0.3 is 0 Å². The van der Waals surface area contributed by atoms with E-state index >= 15 is 0 Å². The van der Waals surface area contributed by atoms with Gasteiger partial charge in [-0.1, -0.05) is 19.1 Å². The third-order valence-corrected chi connectivity index (χ3v) is 3.38. The smallest absolute Gasteiger partial charge is 0.120 e. The summed E-state index contributed by atoms with van der Waals surface area (Å²) in [5.41, 5.74) is 7.79. The molecular weight excluding hydrogens is 198 g/mol. The van der Waals surface area contributed by atoms with Gasteiger partial charge in [-0.25, -0.2) is 0 Å². The second kappa shape index (κ2) is 4.10. The van der Waals surface area contributed by atoms with Crippen molar-refractivity contribution in [3.05, 3.63) is 29.8 Å². The summed E-state index contributed by atoms with van der Waals surface area (Å²) >= 11 is 0. The Labute approximate surface area is 97.8 Å². The van der Waals surface area contributed by atoms with E-state index in [1.807, 2.05) is 26.0 Å². The molecule has 0 amide bonds. The quantitative estimate of drug-likeness (QED) is 0.843. The van der Waals surface area contributed by atoms with Crippen LogP contribution in [0.1, 0.15) is 45.2 Å². The Morgan fingerprint density at radius 1 is 1.31 bits per heavy atom. The maximum absolute atomic E-state index is 6.28. The van der Waals surface area contributed by atoms with Crippen molar-refractivity contribution in [2.45, 2.75) is 45.8 Å². The first-order valence-electron chi connectivity index (χ1n) is 6.03. The van der Waals surface area contributed by atoms with Crippen LogP contribution in [-0.4, -0.2) is 6.10 Å². The Bertz CT molecular complexity index is 369. The van der Waals surface area contributed by atoms with Crippen LogP contribution in [0.4, 0.5) is 0 Å². The van der Waals surface area contributed by atoms with Crippen LogP contribution in [0.3, 0.4) is 0 Å². The maximum Gasteiger partial charge on any atom is 0.120 e. The number of ether oxygens (including phenoxy) is 1. The summed E-state index contributed by atoms with van der Waals surface area (Å²) in [5, 5.41) is 0. The lowest BCUT2D eigenvalue weighted by Crippen LogP contribution is -2.20. The van der Waals surface area contributed by atoms with E-state index in [-0.39, 0.29) is 12.1 Å². The molecule has 1 saturated carbocycles. The molecule has 0 spiro atoms. The molecule has 1 fully saturated rings. The van der Waals surface area contributed by atoms with Gasteiger partial charge < -0.3 is 10.5 Å². The molecule has 1 aromatic carbocycles. The molecule has 16 heavy (non-hydrogen) atoms. The Balaban J connectivity index is 2.15. The van der Waals surface area contributed by atoms with E-state index < -0.39 is 0 Å². The summed E-state index contributed by atoms with van der Waals surface area (Å²) in [5.74, 6) is 0.923. The second-order valence-electron chi connectivity index (χ2n) is 5.37. The summed E-state index contributed by atoms with van der Waals surface area (Å²) in [6.45, 7) is 6.33. The average Bonchev–Trinajstić information content (AvgIpc) is 2.96. The lowest BCUT2D eigenvalue weighted by molar-refractivity contribution is 0.242. The summed E-state index contributed by atoms with van der Waals surface area (Å²) in [6, 6.07) is 8.34. The predicted octanol–water partition coefficient (Wildman–Crippen LogP) is 3.27. The second-order valence-corrected chi connectivity index (χ2v) is 5.37. The van der Waals surface area contributed by atoms with Crippen molar-refractivity contribution in [2.24, 2.45) is 11.1 Å². The molecule has 2 nitrogen and oxygen atoms in total. The highest BCUT2D eigenvalue weighted by Crippen LogP contribution is 2.53. The number of hydrogen-bond acceptors (Lipinski definition) is 2. The van der Waals surface area contributed by atoms with Crippen LogP contribution in [-0.2, 0) is 0 Å². The van der Waals surface area contributed by atoms with Gasteiger partial charge in [-0.05, 0) is 49.8 Å². The highest BCUT2D eigenvalue weighted by Gasteiger charge is 2.43. The predicted molar refractivity (Wildman–Crippen MR) is 66.5 cm³/mol. The van der Waals surface area contributed by atoms with E-state index in [2.05, 4.69) is 19.1 Å². The van der Waals surface area contributed by atoms with Gasteiger partial charge in [0.25, 0.3) is 0 Å². The lowest BCUT2D eigenvalue weighted by atomic mass is 9.93. The molecule has 2 N–H and O–H groups in total. The van der Waals surface area contributed by atoms with E-state index in [0.29, 0.717) is 5.41 Å². The molecule has 1 aromatic rings. The van der Waals surface area contributed by atoms with Crippen LogP contribution < -0.4 is 10.5 Å². The molecule has 1 unspecified atom stereocenters. The standard InChI is InChI=1S/C14H21NO/c1-10(2)16-12-6-4-5-11(9-12)13(15)14(3)7-8-14/h4-6,9-10,13H,7-8,15H2,1-3H3. The topological polar surface area (TPSA) is 35.2 Å². The Morgan fingerprint density at radius 2 is 2.00 bits per heavy atom. The van der Waals surface area contributed by atoms with Gasteiger partial charge in [0.2, 0.25) is 0 Å². The van der Waals surface area contributed by atoms with Crippen molar-refractivity contribution in [3.8, 4) is 5.75 Å². The van der Waals surface area contributed by atoms with E-state index in [0.717, 1.165) is 5.75 Å². The van der Waals surface area contributed by atoms with Crippen LogP contribution in [0.5, 0.6) is 5.75 Å². The minimum atomic E-state index is 0.142. The average molecular weight is 219 g/mol. The molecule has 0 saturated heterocycles. The number of hydrogen-bond donors (Lipinski definition) is 1. The largest absolute Gasteiger partial charge is 0.491 e. The lowest BCUT2D eigenvalue weighted by Gasteiger charge is -2.20. The summed E-state index contributed by atoms with van der Waals surface area (Å²) in [6.07, 6.45) is 2.69. The molecule has 0 heterocycles. The van der Waals surface area contributed by atoms with E-state index in [1.165, 1.54) is 18.4 Å². The van der Waals surface area contributed by atoms with Gasteiger partial charge in [0, 0.05) is 6.04 Å². The molecular formula is C14H21NO. The monoisotopic (exact) mass is 219 g/mol. The fraction of sp³-hybridized carbons (Fsp3) is 0.571. The first-order valence-corrected chi connectivity index (χ1v) is 6.03. The highest BCUT2D eigenvalue weighted by atomic mass is 16.5. The summed E-state index contributed by atoms with van der Waals surface area (Å²) in [4.78, 5) is 0. The van der Waals surface area contributed by atoms with Crippen molar-refractivity contribution in [2.75, 3.05) is 0 Å². The van der Waals surface area contributed by atoms with Gasteiger partial charge in [0.15, 0.2) is 0 Å². The van der Waals surface area contributed by atoms with Crippen molar-refractivity contribution in [1.82, 2.24) is 0 Å². The number of rotatable bonds is 4. The third kappa shape index (κ3) is 2.38. The van der Waals surface area contributed by atoms with Crippen LogP contribution in [0.25, 0.3) is 0 Å². The molecule has 0 bridgehead atoms. The molecule has 88 valence electrons. The number of benzene rings is 1. The van der Waals surface area contributed by atoms with Crippen molar-refractivity contribution in [3.63, 3.8) is 0 Å². The van der Waals surface area contributed by atoms with Gasteiger partial charge in [0.05, 0.1) is 6.10 Å². The van der Waals surface area contributed by atoms with Crippen LogP contribution in [0.15, 0.2) is 24.3 Å². The zero-order chi connectivity index (χ0) is 11.8. The SMILES string of the molecule is CC(C)Oc1cccc(C(N)C2(C)CC2)c1. The third-order valence-electron chi connectivity index (χ3n) is 3.38. The minimum absolute atomic E-state index is 0.142. The van der Waals surface area contributed by atoms with Gasteiger partial charge in [-0.15, -0.1) is 0 Å². The Morgan fingerprint density at radius 3 is 2.56 bits per heavy atom. The van der Waals surface area contributed by atoms with E-state index in [9.17, 15) is 0 Å². The molecule has 0 aliphatic heterocycles. The van der Waals surface area contributed by atoms with Gasteiger partial charge in [-0.3, -0.25) is 0 Å². The molecule has 1 aliphatic carbocycles. The molecule has 0 aromatic heterocycles. The number of nitrogens with two attached hydrogens (primary N) is 1. The molecule has 2 heteroatoms. The summed E-state index contributed by atoms with van der Waals surface area (Å²) < 4.78 is 5.68. The summed E-state index contributed by atoms with van der Waals surface area (Å²) in [7, 11) is 0. The molecule has 1 aliphatic rings. The van der Waals surface area contributed by atoms with E-state index in [1.54, 1.807) is 0 Å². The first-order chi connectivity index (χ1) is 7.51.